The molecule has 8 rings (SSSR count). The zero-order valence-electron chi connectivity index (χ0n) is 29.9. The number of nitrogens with two attached hydrogens (primary N) is 2. The normalized spacial score (nSPS) is 22.2. The molecule has 4 aromatic heterocycles. The lowest BCUT2D eigenvalue weighted by molar-refractivity contribution is -0.145. The van der Waals surface area contributed by atoms with Crippen LogP contribution in [0.4, 0.5) is 23.5 Å². The number of allylic oxidation sites excluding steroid dienone is 2. The van der Waals surface area contributed by atoms with Crippen molar-refractivity contribution in [2.75, 3.05) is 35.3 Å². The van der Waals surface area contributed by atoms with Crippen LogP contribution in [0.1, 0.15) is 95.6 Å². The van der Waals surface area contributed by atoms with E-state index in [1.807, 2.05) is 9.13 Å². The van der Waals surface area contributed by atoms with Crippen LogP contribution in [0.3, 0.4) is 0 Å². The number of fused-ring (bicyclic) bond motifs is 2. The second kappa shape index (κ2) is 15.4. The molecule has 0 aliphatic heterocycles. The number of esters is 2. The van der Waals surface area contributed by atoms with E-state index in [1.165, 1.54) is 0 Å². The lowest BCUT2D eigenvalue weighted by Crippen LogP contribution is -2.14. The molecule has 280 valence electrons. The number of nitrogen functional groups attached to an aromatic ring is 2. The van der Waals surface area contributed by atoms with Crippen LogP contribution in [-0.4, -0.2) is 76.3 Å². The molecule has 2 saturated carbocycles. The van der Waals surface area contributed by atoms with Gasteiger partial charge in [-0.2, -0.15) is 19.9 Å². The predicted molar refractivity (Wildman–Crippen MR) is 200 cm³/mol. The number of nitrogens with one attached hydrogen (secondary N) is 2. The lowest BCUT2D eigenvalue weighted by Gasteiger charge is -2.15. The third-order valence-corrected chi connectivity index (χ3v) is 10.4. The number of nitrogens with zero attached hydrogens (tertiary/aromatic N) is 8. The first-order chi connectivity index (χ1) is 25.9. The van der Waals surface area contributed by atoms with Crippen molar-refractivity contribution in [3.8, 4) is 0 Å². The van der Waals surface area contributed by atoms with E-state index in [9.17, 15) is 9.59 Å². The summed E-state index contributed by atoms with van der Waals surface area (Å²) in [6.45, 7) is 0.708. The third-order valence-electron chi connectivity index (χ3n) is 10.4. The van der Waals surface area contributed by atoms with E-state index in [2.05, 4.69) is 64.8 Å². The van der Waals surface area contributed by atoms with Crippen molar-refractivity contribution in [2.45, 2.75) is 108 Å². The highest BCUT2D eigenvalue weighted by atomic mass is 16.5. The van der Waals surface area contributed by atoms with Gasteiger partial charge in [-0.05, 0) is 51.4 Å². The summed E-state index contributed by atoms with van der Waals surface area (Å²) < 4.78 is 15.3. The Kier molecular flexibility index (Phi) is 10.1. The molecule has 16 nitrogen and oxygen atoms in total. The Balaban J connectivity index is 0.674. The second-order valence-corrected chi connectivity index (χ2v) is 14.9. The van der Waals surface area contributed by atoms with E-state index < -0.39 is 0 Å². The Hall–Kier alpha value is -5.28. The van der Waals surface area contributed by atoms with Crippen molar-refractivity contribution in [3.63, 3.8) is 0 Å². The number of rotatable bonds is 18. The SMILES string of the molecule is Nc1nc(NC2CC2)c2ncn([C@@H]3C=C[C@H](COC(=O)CCCCCCCC(=O)OC[C@H]4C=C[C@@H](n5cnc6c(NC7CC7)nc(N)nc65)C4)C3)c2n1. The van der Waals surface area contributed by atoms with Gasteiger partial charge in [0.05, 0.1) is 38.0 Å². The van der Waals surface area contributed by atoms with Gasteiger partial charge in [0.1, 0.15) is 0 Å². The van der Waals surface area contributed by atoms with E-state index in [0.717, 1.165) is 81.7 Å². The fraction of sp³-hybridized carbons (Fsp3) is 0.568. The van der Waals surface area contributed by atoms with Crippen molar-refractivity contribution < 1.29 is 19.1 Å². The molecule has 0 aromatic carbocycles. The molecular weight excluding hydrogens is 676 g/mol. The molecule has 0 unspecified atom stereocenters. The predicted octanol–water partition coefficient (Wildman–Crippen LogP) is 5.03. The first-order valence-electron chi connectivity index (χ1n) is 19.1. The Morgan fingerprint density at radius 3 is 1.51 bits per heavy atom. The van der Waals surface area contributed by atoms with E-state index in [1.54, 1.807) is 12.7 Å². The van der Waals surface area contributed by atoms with E-state index >= 15 is 0 Å². The highest BCUT2D eigenvalue weighted by molar-refractivity contribution is 5.85. The lowest BCUT2D eigenvalue weighted by atomic mass is 10.1. The van der Waals surface area contributed by atoms with Crippen LogP contribution in [0.25, 0.3) is 22.3 Å². The van der Waals surface area contributed by atoms with Crippen molar-refractivity contribution in [1.82, 2.24) is 39.0 Å². The van der Waals surface area contributed by atoms with E-state index in [-0.39, 0.29) is 47.8 Å². The van der Waals surface area contributed by atoms with Crippen LogP contribution in [-0.2, 0) is 19.1 Å². The summed E-state index contributed by atoms with van der Waals surface area (Å²) in [4.78, 5) is 51.6. The van der Waals surface area contributed by atoms with Gasteiger partial charge >= 0.3 is 11.9 Å². The van der Waals surface area contributed by atoms with E-state index in [0.29, 0.717) is 61.1 Å². The van der Waals surface area contributed by atoms with Gasteiger partial charge in [0.25, 0.3) is 0 Å². The summed E-state index contributed by atoms with van der Waals surface area (Å²) in [5.74, 6) is 1.73. The highest BCUT2D eigenvalue weighted by Gasteiger charge is 2.29. The number of anilines is 4. The molecule has 4 aliphatic rings. The first kappa shape index (κ1) is 34.8. The van der Waals surface area contributed by atoms with Gasteiger partial charge < -0.3 is 40.7 Å². The summed E-state index contributed by atoms with van der Waals surface area (Å²) in [5.41, 5.74) is 14.9. The van der Waals surface area contributed by atoms with Crippen molar-refractivity contribution in [1.29, 1.82) is 0 Å². The summed E-state index contributed by atoms with van der Waals surface area (Å²) in [5, 5.41) is 6.79. The van der Waals surface area contributed by atoms with Crippen LogP contribution in [0, 0.1) is 11.8 Å². The quantitative estimate of drug-likeness (QED) is 0.0602. The molecule has 4 aromatic rings. The second-order valence-electron chi connectivity index (χ2n) is 14.9. The molecule has 0 radical (unpaired) electrons. The average molecular weight is 725 g/mol. The van der Waals surface area contributed by atoms with Crippen molar-refractivity contribution >= 4 is 57.8 Å². The van der Waals surface area contributed by atoms with Crippen LogP contribution < -0.4 is 22.1 Å². The van der Waals surface area contributed by atoms with Crippen LogP contribution >= 0.6 is 0 Å². The molecular formula is C37H48N12O4. The number of carbonyl (C=O) groups excluding carboxylic acids is 2. The minimum absolute atomic E-state index is 0.0597. The molecule has 6 N–H and O–H groups in total. The number of hydrogen-bond donors (Lipinski definition) is 4. The summed E-state index contributed by atoms with van der Waals surface area (Å²) in [7, 11) is 0. The maximum absolute atomic E-state index is 12.4. The van der Waals surface area contributed by atoms with Crippen LogP contribution in [0.15, 0.2) is 37.0 Å². The number of unbranched alkanes of at least 4 members (excludes halogenated alkanes) is 4. The maximum atomic E-state index is 12.4. The average Bonchev–Trinajstić information content (AvgIpc) is 3.87. The molecule has 16 heteroatoms. The van der Waals surface area contributed by atoms with Gasteiger partial charge in [-0.1, -0.05) is 43.6 Å². The topological polar surface area (TPSA) is 216 Å². The maximum Gasteiger partial charge on any atom is 0.305 e. The van der Waals surface area contributed by atoms with Gasteiger partial charge in [0, 0.05) is 36.8 Å². The minimum Gasteiger partial charge on any atom is -0.465 e. The minimum atomic E-state index is -0.174. The molecule has 4 aliphatic carbocycles. The van der Waals surface area contributed by atoms with Gasteiger partial charge in [-0.25, -0.2) is 9.97 Å². The van der Waals surface area contributed by atoms with Gasteiger partial charge in [0.15, 0.2) is 34.0 Å². The molecule has 0 amide bonds. The molecule has 0 spiro atoms. The largest absolute Gasteiger partial charge is 0.465 e. The number of hydrogen-bond acceptors (Lipinski definition) is 14. The Bertz CT molecular complexity index is 1870. The molecule has 4 atom stereocenters. The molecule has 4 heterocycles. The number of imidazole rings is 2. The molecule has 53 heavy (non-hydrogen) atoms. The first-order valence-corrected chi connectivity index (χ1v) is 19.1. The van der Waals surface area contributed by atoms with Crippen molar-refractivity contribution in [3.05, 3.63) is 37.0 Å². The zero-order chi connectivity index (χ0) is 36.3. The van der Waals surface area contributed by atoms with Crippen molar-refractivity contribution in [2.24, 2.45) is 11.8 Å². The monoisotopic (exact) mass is 724 g/mol. The molecule has 2 fully saturated rings. The Morgan fingerprint density at radius 2 is 1.08 bits per heavy atom. The summed E-state index contributed by atoms with van der Waals surface area (Å²) in [6.07, 6.45) is 23.2. The number of carbonyl (C=O) groups is 2. The van der Waals surface area contributed by atoms with Gasteiger partial charge in [0.2, 0.25) is 11.9 Å². The molecule has 0 saturated heterocycles. The fourth-order valence-corrected chi connectivity index (χ4v) is 7.17. The number of ether oxygens (including phenoxy) is 2. The van der Waals surface area contributed by atoms with Gasteiger partial charge in [-0.3, -0.25) is 9.59 Å². The zero-order valence-corrected chi connectivity index (χ0v) is 29.9. The Morgan fingerprint density at radius 1 is 0.642 bits per heavy atom. The molecule has 0 bridgehead atoms. The number of aromatic nitrogens is 8. The van der Waals surface area contributed by atoms with E-state index in [4.69, 9.17) is 20.9 Å². The third kappa shape index (κ3) is 8.52. The standard InChI is InChI=1S/C37H48N12O4/c38-36-44-32(42-24-10-11-24)30-34(46-36)48(20-40-30)26-14-8-22(16-26)18-52-28(50)6-4-2-1-3-5-7-29(51)53-19-23-9-15-27(17-23)49-21-41-31-33(43-25-12-13-25)45-37(39)47-35(31)49/h8-9,14-15,20-27H,1-7,10-13,16-19H2,(H3,38,42,44,46)(H3,39,43,45,47)/t22-,23-,26+,27+/m0/s1. The van der Waals surface area contributed by atoms with Crippen LogP contribution in [0.2, 0.25) is 0 Å². The van der Waals surface area contributed by atoms with Gasteiger partial charge in [-0.15, -0.1) is 0 Å². The smallest absolute Gasteiger partial charge is 0.305 e. The highest BCUT2D eigenvalue weighted by Crippen LogP contribution is 2.35. The van der Waals surface area contributed by atoms with Crippen LogP contribution in [0.5, 0.6) is 0 Å². The fourth-order valence-electron chi connectivity index (χ4n) is 7.17. The summed E-state index contributed by atoms with van der Waals surface area (Å²) in [6, 6.07) is 0.976. The summed E-state index contributed by atoms with van der Waals surface area (Å²) >= 11 is 0. The Labute approximate surface area is 307 Å².